The summed E-state index contributed by atoms with van der Waals surface area (Å²) in [6.07, 6.45) is 1.39. The van der Waals surface area contributed by atoms with E-state index < -0.39 is 5.97 Å². The predicted molar refractivity (Wildman–Crippen MR) is 73.5 cm³/mol. The van der Waals surface area contributed by atoms with Crippen LogP contribution in [0.5, 0.6) is 0 Å². The predicted octanol–water partition coefficient (Wildman–Crippen LogP) is 2.06. The molecule has 2 aromatic rings. The maximum Gasteiger partial charge on any atom is 0.339 e. The number of aryl methyl sites for hydroxylation is 2. The van der Waals surface area contributed by atoms with Gasteiger partial charge in [0, 0.05) is 19.8 Å². The van der Waals surface area contributed by atoms with Gasteiger partial charge in [-0.1, -0.05) is 17.7 Å². The molecule has 0 aliphatic rings. The van der Waals surface area contributed by atoms with E-state index in [0.29, 0.717) is 12.2 Å². The first-order chi connectivity index (χ1) is 8.99. The van der Waals surface area contributed by atoms with Crippen LogP contribution in [-0.4, -0.2) is 27.9 Å². The second-order valence-electron chi connectivity index (χ2n) is 4.63. The summed E-state index contributed by atoms with van der Waals surface area (Å²) in [6, 6.07) is 8.11. The van der Waals surface area contributed by atoms with E-state index in [1.807, 2.05) is 43.1 Å². The van der Waals surface area contributed by atoms with Gasteiger partial charge >= 0.3 is 5.97 Å². The first kappa shape index (κ1) is 13.1. The number of hydrogen-bond acceptors (Lipinski definition) is 3. The lowest BCUT2D eigenvalue weighted by Crippen LogP contribution is -2.20. The quantitative estimate of drug-likeness (QED) is 0.913. The second kappa shape index (κ2) is 5.14. The summed E-state index contributed by atoms with van der Waals surface area (Å²) in [5, 5.41) is 13.1. The highest BCUT2D eigenvalue weighted by Crippen LogP contribution is 2.17. The third-order valence-corrected chi connectivity index (χ3v) is 3.15. The molecule has 0 spiro atoms. The zero-order valence-electron chi connectivity index (χ0n) is 11.3. The number of benzene rings is 1. The molecule has 0 aliphatic heterocycles. The van der Waals surface area contributed by atoms with Gasteiger partial charge in [0.25, 0.3) is 0 Å². The Morgan fingerprint density at radius 1 is 1.37 bits per heavy atom. The summed E-state index contributed by atoms with van der Waals surface area (Å²) in [4.78, 5) is 13.1. The van der Waals surface area contributed by atoms with E-state index in [9.17, 15) is 4.79 Å². The highest BCUT2D eigenvalue weighted by molar-refractivity contribution is 5.88. The second-order valence-corrected chi connectivity index (χ2v) is 4.63. The monoisotopic (exact) mass is 259 g/mol. The summed E-state index contributed by atoms with van der Waals surface area (Å²) in [7, 11) is 3.69. The Balaban J connectivity index is 2.23. The molecule has 1 N–H and O–H groups in total. The van der Waals surface area contributed by atoms with Gasteiger partial charge in [-0.3, -0.25) is 4.68 Å². The lowest BCUT2D eigenvalue weighted by atomic mass is 10.2. The van der Waals surface area contributed by atoms with Crippen LogP contribution in [0.25, 0.3) is 0 Å². The first-order valence-corrected chi connectivity index (χ1v) is 6.01. The third-order valence-electron chi connectivity index (χ3n) is 3.15. The normalized spacial score (nSPS) is 10.5. The molecule has 5 nitrogen and oxygen atoms in total. The van der Waals surface area contributed by atoms with Crippen molar-refractivity contribution in [2.45, 2.75) is 13.5 Å². The lowest BCUT2D eigenvalue weighted by molar-refractivity contribution is 0.0695. The van der Waals surface area contributed by atoms with E-state index in [2.05, 4.69) is 5.10 Å². The van der Waals surface area contributed by atoms with Crippen molar-refractivity contribution in [2.24, 2.45) is 7.05 Å². The summed E-state index contributed by atoms with van der Waals surface area (Å²) >= 11 is 0. The molecule has 5 heteroatoms. The van der Waals surface area contributed by atoms with Gasteiger partial charge in [0.2, 0.25) is 0 Å². The fourth-order valence-corrected chi connectivity index (χ4v) is 1.94. The first-order valence-electron chi connectivity index (χ1n) is 6.01. The topological polar surface area (TPSA) is 58.4 Å². The fraction of sp³-hybridized carbons (Fsp3) is 0.286. The van der Waals surface area contributed by atoms with Crippen molar-refractivity contribution >= 4 is 11.7 Å². The lowest BCUT2D eigenvalue weighted by Gasteiger charge is -2.20. The van der Waals surface area contributed by atoms with Crippen LogP contribution >= 0.6 is 0 Å². The SMILES string of the molecule is Cc1ccc(N(C)Cc2c(C(=O)O)cnn2C)cc1. The molecule has 1 aromatic carbocycles. The van der Waals surface area contributed by atoms with Crippen molar-refractivity contribution in [3.8, 4) is 0 Å². The smallest absolute Gasteiger partial charge is 0.339 e. The Morgan fingerprint density at radius 3 is 2.58 bits per heavy atom. The molecule has 0 unspecified atom stereocenters. The van der Waals surface area contributed by atoms with Gasteiger partial charge in [-0.05, 0) is 19.1 Å². The van der Waals surface area contributed by atoms with Crippen LogP contribution in [0, 0.1) is 6.92 Å². The number of nitrogens with zero attached hydrogens (tertiary/aromatic N) is 3. The molecule has 0 atom stereocenters. The van der Waals surface area contributed by atoms with Crippen molar-refractivity contribution in [2.75, 3.05) is 11.9 Å². The number of aromatic nitrogens is 2. The molecule has 0 saturated heterocycles. The summed E-state index contributed by atoms with van der Waals surface area (Å²) in [5.41, 5.74) is 3.18. The molecule has 1 heterocycles. The molecular weight excluding hydrogens is 242 g/mol. The molecule has 0 bridgehead atoms. The molecule has 0 radical (unpaired) electrons. The van der Waals surface area contributed by atoms with Crippen molar-refractivity contribution in [1.82, 2.24) is 9.78 Å². The number of rotatable bonds is 4. The average molecular weight is 259 g/mol. The summed E-state index contributed by atoms with van der Waals surface area (Å²) in [5.74, 6) is -0.944. The minimum atomic E-state index is -0.944. The molecule has 0 aliphatic carbocycles. The van der Waals surface area contributed by atoms with E-state index in [0.717, 1.165) is 5.69 Å². The van der Waals surface area contributed by atoms with Gasteiger partial charge in [0.1, 0.15) is 5.56 Å². The third kappa shape index (κ3) is 2.76. The summed E-state index contributed by atoms with van der Waals surface area (Å²) < 4.78 is 1.61. The number of anilines is 1. The number of carbonyl (C=O) groups is 1. The highest BCUT2D eigenvalue weighted by atomic mass is 16.4. The van der Waals surface area contributed by atoms with Gasteiger partial charge in [-0.15, -0.1) is 0 Å². The minimum Gasteiger partial charge on any atom is -0.478 e. The zero-order chi connectivity index (χ0) is 14.0. The van der Waals surface area contributed by atoms with Crippen molar-refractivity contribution in [3.05, 3.63) is 47.3 Å². The Hall–Kier alpha value is -2.30. The van der Waals surface area contributed by atoms with Crippen LogP contribution in [0.3, 0.4) is 0 Å². The van der Waals surface area contributed by atoms with E-state index in [4.69, 9.17) is 5.11 Å². The van der Waals surface area contributed by atoms with E-state index >= 15 is 0 Å². The highest BCUT2D eigenvalue weighted by Gasteiger charge is 2.16. The fourth-order valence-electron chi connectivity index (χ4n) is 1.94. The van der Waals surface area contributed by atoms with Crippen molar-refractivity contribution < 1.29 is 9.90 Å². The standard InChI is InChI=1S/C14H17N3O2/c1-10-4-6-11(7-5-10)16(2)9-13-12(14(18)19)8-15-17(13)3/h4-8H,9H2,1-3H3,(H,18,19). The van der Waals surface area contributed by atoms with Gasteiger partial charge in [0.15, 0.2) is 0 Å². The molecule has 2 rings (SSSR count). The number of carboxylic acids is 1. The summed E-state index contributed by atoms with van der Waals surface area (Å²) in [6.45, 7) is 2.54. The van der Waals surface area contributed by atoms with Gasteiger partial charge in [-0.25, -0.2) is 4.79 Å². The van der Waals surface area contributed by atoms with Crippen LogP contribution in [0.15, 0.2) is 30.5 Å². The van der Waals surface area contributed by atoms with Crippen molar-refractivity contribution in [1.29, 1.82) is 0 Å². The molecule has 100 valence electrons. The Morgan fingerprint density at radius 2 is 2.00 bits per heavy atom. The zero-order valence-corrected chi connectivity index (χ0v) is 11.3. The number of carboxylic acid groups (broad SMARTS) is 1. The molecule has 0 amide bonds. The molecule has 1 aromatic heterocycles. The van der Waals surface area contributed by atoms with Crippen LogP contribution in [0.2, 0.25) is 0 Å². The van der Waals surface area contributed by atoms with Crippen LogP contribution in [0.1, 0.15) is 21.6 Å². The minimum absolute atomic E-state index is 0.251. The van der Waals surface area contributed by atoms with E-state index in [1.54, 1.807) is 11.7 Å². The molecular formula is C14H17N3O2. The molecule has 0 saturated carbocycles. The van der Waals surface area contributed by atoms with Crippen LogP contribution in [0.4, 0.5) is 5.69 Å². The number of hydrogen-bond donors (Lipinski definition) is 1. The largest absolute Gasteiger partial charge is 0.478 e. The van der Waals surface area contributed by atoms with E-state index in [-0.39, 0.29) is 5.56 Å². The Bertz CT molecular complexity index is 587. The molecule has 0 fully saturated rings. The Labute approximate surface area is 112 Å². The Kier molecular flexibility index (Phi) is 3.55. The number of aromatic carboxylic acids is 1. The van der Waals surface area contributed by atoms with E-state index in [1.165, 1.54) is 11.8 Å². The molecule has 19 heavy (non-hydrogen) atoms. The van der Waals surface area contributed by atoms with Crippen molar-refractivity contribution in [3.63, 3.8) is 0 Å². The van der Waals surface area contributed by atoms with Gasteiger partial charge < -0.3 is 10.0 Å². The van der Waals surface area contributed by atoms with Crippen LogP contribution < -0.4 is 4.90 Å². The van der Waals surface area contributed by atoms with Gasteiger partial charge in [-0.2, -0.15) is 5.10 Å². The maximum absolute atomic E-state index is 11.1. The average Bonchev–Trinajstić information content (AvgIpc) is 2.72. The maximum atomic E-state index is 11.1. The van der Waals surface area contributed by atoms with Gasteiger partial charge in [0.05, 0.1) is 18.4 Å². The van der Waals surface area contributed by atoms with Crippen LogP contribution in [-0.2, 0) is 13.6 Å².